The van der Waals surface area contributed by atoms with Crippen LogP contribution in [0.4, 0.5) is 0 Å². The Morgan fingerprint density at radius 3 is 2.63 bits per heavy atom. The third-order valence-corrected chi connectivity index (χ3v) is 4.56. The summed E-state index contributed by atoms with van der Waals surface area (Å²) in [5, 5.41) is 9.54. The summed E-state index contributed by atoms with van der Waals surface area (Å²) < 4.78 is 5.17. The molecular weight excluding hydrogens is 240 g/mol. The van der Waals surface area contributed by atoms with E-state index >= 15 is 0 Å². The second-order valence-corrected chi connectivity index (χ2v) is 5.97. The van der Waals surface area contributed by atoms with Crippen molar-refractivity contribution in [1.29, 1.82) is 5.26 Å². The first-order valence-corrected chi connectivity index (χ1v) is 7.41. The van der Waals surface area contributed by atoms with E-state index < -0.39 is 5.41 Å². The second kappa shape index (κ2) is 6.38. The van der Waals surface area contributed by atoms with E-state index in [2.05, 4.69) is 6.07 Å². The van der Waals surface area contributed by atoms with Crippen LogP contribution in [0, 0.1) is 22.7 Å². The Balaban J connectivity index is 2.03. The predicted octanol–water partition coefficient (Wildman–Crippen LogP) is 2.35. The third-order valence-electron chi connectivity index (χ3n) is 4.56. The number of rotatable bonds is 3. The molecule has 1 saturated carbocycles. The highest BCUT2D eigenvalue weighted by atomic mass is 16.5. The molecule has 1 aliphatic heterocycles. The molecule has 0 aromatic carbocycles. The fourth-order valence-corrected chi connectivity index (χ4v) is 3.40. The zero-order chi connectivity index (χ0) is 13.7. The van der Waals surface area contributed by atoms with E-state index in [0.29, 0.717) is 12.5 Å². The van der Waals surface area contributed by atoms with Crippen LogP contribution in [-0.4, -0.2) is 37.6 Å². The first-order valence-electron chi connectivity index (χ1n) is 7.41. The number of hydrogen-bond acceptors (Lipinski definition) is 3. The average Bonchev–Trinajstić information content (AvgIpc) is 2.75. The van der Waals surface area contributed by atoms with Crippen molar-refractivity contribution < 1.29 is 9.53 Å². The largest absolute Gasteiger partial charge is 0.384 e. The minimum atomic E-state index is -0.738. The maximum Gasteiger partial charge on any atom is 0.243 e. The Morgan fingerprint density at radius 2 is 2.05 bits per heavy atom. The van der Waals surface area contributed by atoms with Gasteiger partial charge in [-0.15, -0.1) is 0 Å². The first kappa shape index (κ1) is 14.3. The Kier molecular flexibility index (Phi) is 4.81. The topological polar surface area (TPSA) is 53.3 Å². The zero-order valence-corrected chi connectivity index (χ0v) is 11.9. The lowest BCUT2D eigenvalue weighted by Gasteiger charge is -2.29. The number of methoxy groups -OCH3 is 1. The summed E-state index contributed by atoms with van der Waals surface area (Å²) in [6, 6.07) is 2.36. The molecule has 4 heteroatoms. The van der Waals surface area contributed by atoms with Crippen LogP contribution in [0.5, 0.6) is 0 Å². The number of hydrogen-bond donors (Lipinski definition) is 0. The van der Waals surface area contributed by atoms with Gasteiger partial charge in [0.05, 0.1) is 12.7 Å². The van der Waals surface area contributed by atoms with E-state index in [4.69, 9.17) is 4.74 Å². The van der Waals surface area contributed by atoms with Gasteiger partial charge in [-0.1, -0.05) is 25.7 Å². The molecule has 1 unspecified atom stereocenters. The second-order valence-electron chi connectivity index (χ2n) is 5.97. The van der Waals surface area contributed by atoms with E-state index in [9.17, 15) is 10.1 Å². The molecule has 1 atom stereocenters. The molecule has 2 fully saturated rings. The summed E-state index contributed by atoms with van der Waals surface area (Å²) in [6.45, 7) is 2.26. The van der Waals surface area contributed by atoms with Crippen LogP contribution >= 0.6 is 0 Å². The van der Waals surface area contributed by atoms with Gasteiger partial charge < -0.3 is 9.64 Å². The predicted molar refractivity (Wildman–Crippen MR) is 72.3 cm³/mol. The highest BCUT2D eigenvalue weighted by Gasteiger charge is 2.43. The van der Waals surface area contributed by atoms with Gasteiger partial charge in [0.1, 0.15) is 5.41 Å². The molecule has 0 aromatic heterocycles. The Hall–Kier alpha value is -1.08. The number of amides is 1. The summed E-state index contributed by atoms with van der Waals surface area (Å²) >= 11 is 0. The Labute approximate surface area is 115 Å². The van der Waals surface area contributed by atoms with Crippen LogP contribution in [0.2, 0.25) is 0 Å². The van der Waals surface area contributed by atoms with E-state index in [1.54, 1.807) is 7.11 Å². The molecule has 0 aromatic rings. The van der Waals surface area contributed by atoms with Crippen LogP contribution in [0.25, 0.3) is 0 Å². The van der Waals surface area contributed by atoms with E-state index in [0.717, 1.165) is 58.0 Å². The quantitative estimate of drug-likeness (QED) is 0.735. The lowest BCUT2D eigenvalue weighted by atomic mass is 9.80. The van der Waals surface area contributed by atoms with Crippen molar-refractivity contribution in [3.05, 3.63) is 0 Å². The maximum atomic E-state index is 12.7. The summed E-state index contributed by atoms with van der Waals surface area (Å²) in [4.78, 5) is 14.6. The summed E-state index contributed by atoms with van der Waals surface area (Å²) in [5.41, 5.74) is -0.738. The Morgan fingerprint density at radius 1 is 1.37 bits per heavy atom. The van der Waals surface area contributed by atoms with Gasteiger partial charge in [0.2, 0.25) is 5.91 Å². The molecule has 1 heterocycles. The van der Waals surface area contributed by atoms with E-state index in [-0.39, 0.29) is 5.91 Å². The van der Waals surface area contributed by atoms with Crippen LogP contribution in [0.1, 0.15) is 44.9 Å². The van der Waals surface area contributed by atoms with E-state index in [1.807, 2.05) is 4.90 Å². The van der Waals surface area contributed by atoms with Crippen molar-refractivity contribution in [2.45, 2.75) is 44.9 Å². The molecule has 2 aliphatic rings. The highest BCUT2D eigenvalue weighted by Crippen LogP contribution is 2.37. The van der Waals surface area contributed by atoms with Crippen LogP contribution in [-0.2, 0) is 9.53 Å². The van der Waals surface area contributed by atoms with Gasteiger partial charge in [-0.05, 0) is 19.3 Å². The third kappa shape index (κ3) is 3.09. The molecule has 19 heavy (non-hydrogen) atoms. The van der Waals surface area contributed by atoms with Crippen LogP contribution < -0.4 is 0 Å². The lowest BCUT2D eigenvalue weighted by molar-refractivity contribution is -0.138. The number of carbonyl (C=O) groups excluding carboxylic acids is 1. The molecule has 1 aliphatic carbocycles. The number of ether oxygens (including phenoxy) is 1. The molecule has 1 saturated heterocycles. The summed E-state index contributed by atoms with van der Waals surface area (Å²) in [5.74, 6) is 0.519. The van der Waals surface area contributed by atoms with Gasteiger partial charge >= 0.3 is 0 Å². The van der Waals surface area contributed by atoms with Gasteiger partial charge in [0.15, 0.2) is 0 Å². The number of nitrogens with zero attached hydrogens (tertiary/aromatic N) is 2. The van der Waals surface area contributed by atoms with Crippen molar-refractivity contribution in [2.75, 3.05) is 26.8 Å². The fraction of sp³-hybridized carbons (Fsp3) is 0.867. The number of nitriles is 1. The standard InChI is InChI=1S/C15H24N2O2/c1-19-11-13-6-9-17(10-13)14(18)15(12-16)7-4-2-3-5-8-15/h13H,2-11H2,1H3. The van der Waals surface area contributed by atoms with Gasteiger partial charge in [0, 0.05) is 26.1 Å². The molecule has 0 bridgehead atoms. The van der Waals surface area contributed by atoms with Gasteiger partial charge in [-0.2, -0.15) is 5.26 Å². The average molecular weight is 264 g/mol. The molecule has 1 amide bonds. The van der Waals surface area contributed by atoms with Gasteiger partial charge in [-0.3, -0.25) is 4.79 Å². The van der Waals surface area contributed by atoms with Gasteiger partial charge in [0.25, 0.3) is 0 Å². The highest BCUT2D eigenvalue weighted by molar-refractivity contribution is 5.85. The summed E-state index contributed by atoms with van der Waals surface area (Å²) in [6.07, 6.45) is 6.82. The smallest absolute Gasteiger partial charge is 0.243 e. The zero-order valence-electron chi connectivity index (χ0n) is 11.9. The van der Waals surface area contributed by atoms with Crippen LogP contribution in [0.3, 0.4) is 0 Å². The monoisotopic (exact) mass is 264 g/mol. The van der Waals surface area contributed by atoms with Crippen LogP contribution in [0.15, 0.2) is 0 Å². The SMILES string of the molecule is COCC1CCN(C(=O)C2(C#N)CCCCCC2)C1. The number of likely N-dealkylation sites (tertiary alicyclic amines) is 1. The lowest BCUT2D eigenvalue weighted by Crippen LogP contribution is -2.42. The minimum Gasteiger partial charge on any atom is -0.384 e. The van der Waals surface area contributed by atoms with Gasteiger partial charge in [-0.25, -0.2) is 0 Å². The van der Waals surface area contributed by atoms with Crippen molar-refractivity contribution in [2.24, 2.45) is 11.3 Å². The van der Waals surface area contributed by atoms with E-state index in [1.165, 1.54) is 0 Å². The molecule has 0 spiro atoms. The molecule has 106 valence electrons. The first-order chi connectivity index (χ1) is 9.22. The fourth-order valence-electron chi connectivity index (χ4n) is 3.40. The molecule has 0 N–H and O–H groups in total. The molecule has 2 rings (SSSR count). The number of carbonyl (C=O) groups is 1. The maximum absolute atomic E-state index is 12.7. The molecule has 0 radical (unpaired) electrons. The molecule has 4 nitrogen and oxygen atoms in total. The van der Waals surface area contributed by atoms with Crippen molar-refractivity contribution in [3.63, 3.8) is 0 Å². The van der Waals surface area contributed by atoms with Crippen molar-refractivity contribution in [3.8, 4) is 6.07 Å². The normalized spacial score (nSPS) is 26.7. The molecular formula is C15H24N2O2. The van der Waals surface area contributed by atoms with Crippen molar-refractivity contribution >= 4 is 5.91 Å². The van der Waals surface area contributed by atoms with Crippen molar-refractivity contribution in [1.82, 2.24) is 4.90 Å². The summed E-state index contributed by atoms with van der Waals surface area (Å²) in [7, 11) is 1.70. The minimum absolute atomic E-state index is 0.0792. The Bertz CT molecular complexity index is 354.